The maximum Gasteiger partial charge on any atom is 0.127 e. The summed E-state index contributed by atoms with van der Waals surface area (Å²) in [6, 6.07) is 8.08. The summed E-state index contributed by atoms with van der Waals surface area (Å²) < 4.78 is 5.68. The zero-order chi connectivity index (χ0) is 12.4. The van der Waals surface area contributed by atoms with Gasteiger partial charge in [-0.15, -0.1) is 0 Å². The standard InChI is InChI=1S/C14H15N3O/c1-2-18-13-6-4-3-5-10(13)11-7-16-12-8-15-9-17-14(11)12/h3-8,16-17H,2,9H2,1H3. The average molecular weight is 241 g/mol. The van der Waals surface area contributed by atoms with Crippen LogP contribution in [0.4, 0.5) is 5.69 Å². The first-order valence-corrected chi connectivity index (χ1v) is 6.07. The molecule has 0 fully saturated rings. The molecular weight excluding hydrogens is 226 g/mol. The van der Waals surface area contributed by atoms with Crippen LogP contribution in [0, 0.1) is 0 Å². The lowest BCUT2D eigenvalue weighted by molar-refractivity contribution is 0.341. The van der Waals surface area contributed by atoms with Crippen molar-refractivity contribution in [1.29, 1.82) is 0 Å². The smallest absolute Gasteiger partial charge is 0.127 e. The number of fused-ring (bicyclic) bond motifs is 1. The van der Waals surface area contributed by atoms with Crippen LogP contribution in [0.2, 0.25) is 0 Å². The number of nitrogens with zero attached hydrogens (tertiary/aromatic N) is 1. The van der Waals surface area contributed by atoms with E-state index in [1.807, 2.05) is 37.5 Å². The highest BCUT2D eigenvalue weighted by molar-refractivity contribution is 5.95. The van der Waals surface area contributed by atoms with Gasteiger partial charge < -0.3 is 15.0 Å². The topological polar surface area (TPSA) is 49.4 Å². The number of aromatic amines is 1. The van der Waals surface area contributed by atoms with Gasteiger partial charge in [-0.2, -0.15) is 0 Å². The van der Waals surface area contributed by atoms with Gasteiger partial charge in [-0.1, -0.05) is 18.2 Å². The van der Waals surface area contributed by atoms with Crippen LogP contribution in [0.15, 0.2) is 35.5 Å². The van der Waals surface area contributed by atoms with Gasteiger partial charge in [0.15, 0.2) is 0 Å². The molecule has 0 saturated carbocycles. The fraction of sp³-hybridized carbons (Fsp3) is 0.214. The fourth-order valence-corrected chi connectivity index (χ4v) is 2.18. The molecule has 1 aromatic carbocycles. The van der Waals surface area contributed by atoms with Crippen molar-refractivity contribution in [3.63, 3.8) is 0 Å². The largest absolute Gasteiger partial charge is 0.493 e. The van der Waals surface area contributed by atoms with Crippen molar-refractivity contribution in [3.05, 3.63) is 36.2 Å². The molecule has 3 rings (SSSR count). The number of hydrogen-bond donors (Lipinski definition) is 2. The van der Waals surface area contributed by atoms with Crippen molar-refractivity contribution in [3.8, 4) is 16.9 Å². The van der Waals surface area contributed by atoms with E-state index in [1.54, 1.807) is 0 Å². The Morgan fingerprint density at radius 1 is 1.28 bits per heavy atom. The number of ether oxygens (including phenoxy) is 1. The molecule has 4 nitrogen and oxygen atoms in total. The number of aromatic nitrogens is 1. The molecule has 0 atom stereocenters. The third-order valence-corrected chi connectivity index (χ3v) is 2.96. The van der Waals surface area contributed by atoms with E-state index < -0.39 is 0 Å². The van der Waals surface area contributed by atoms with Crippen LogP contribution in [-0.4, -0.2) is 24.5 Å². The Labute approximate surface area is 106 Å². The van der Waals surface area contributed by atoms with Crippen molar-refractivity contribution in [2.24, 2.45) is 4.99 Å². The van der Waals surface area contributed by atoms with Crippen LogP contribution in [0.1, 0.15) is 12.6 Å². The average Bonchev–Trinajstić information content (AvgIpc) is 2.84. The monoisotopic (exact) mass is 241 g/mol. The molecule has 2 heterocycles. The summed E-state index contributed by atoms with van der Waals surface area (Å²) in [7, 11) is 0. The zero-order valence-electron chi connectivity index (χ0n) is 10.2. The lowest BCUT2D eigenvalue weighted by Crippen LogP contribution is -2.07. The van der Waals surface area contributed by atoms with Crippen LogP contribution >= 0.6 is 0 Å². The minimum Gasteiger partial charge on any atom is -0.493 e. The second-order valence-electron chi connectivity index (χ2n) is 4.07. The molecule has 0 amide bonds. The van der Waals surface area contributed by atoms with Crippen molar-refractivity contribution in [2.45, 2.75) is 6.92 Å². The Hall–Kier alpha value is -2.23. The van der Waals surface area contributed by atoms with Crippen LogP contribution < -0.4 is 10.1 Å². The Morgan fingerprint density at radius 2 is 2.17 bits per heavy atom. The van der Waals surface area contributed by atoms with Gasteiger partial charge in [0.25, 0.3) is 0 Å². The molecule has 18 heavy (non-hydrogen) atoms. The molecule has 0 aliphatic carbocycles. The lowest BCUT2D eigenvalue weighted by atomic mass is 10.1. The first-order chi connectivity index (χ1) is 8.90. The molecule has 0 radical (unpaired) electrons. The highest BCUT2D eigenvalue weighted by Gasteiger charge is 2.16. The summed E-state index contributed by atoms with van der Waals surface area (Å²) in [5.74, 6) is 0.908. The van der Waals surface area contributed by atoms with E-state index in [0.717, 1.165) is 28.3 Å². The molecule has 0 saturated heterocycles. The van der Waals surface area contributed by atoms with Crippen molar-refractivity contribution in [2.75, 3.05) is 18.6 Å². The van der Waals surface area contributed by atoms with E-state index in [9.17, 15) is 0 Å². The molecule has 0 unspecified atom stereocenters. The van der Waals surface area contributed by atoms with E-state index in [2.05, 4.69) is 21.4 Å². The molecule has 4 heteroatoms. The SMILES string of the molecule is CCOc1ccccc1-c1c[nH]c2c1NCN=C2. The third kappa shape index (κ3) is 1.76. The van der Waals surface area contributed by atoms with Gasteiger partial charge in [-0.25, -0.2) is 0 Å². The number of H-pyrrole nitrogens is 1. The highest BCUT2D eigenvalue weighted by atomic mass is 16.5. The van der Waals surface area contributed by atoms with Gasteiger partial charge in [-0.05, 0) is 13.0 Å². The molecule has 92 valence electrons. The van der Waals surface area contributed by atoms with E-state index in [1.165, 1.54) is 0 Å². The normalized spacial score (nSPS) is 12.9. The van der Waals surface area contributed by atoms with Crippen molar-refractivity contribution < 1.29 is 4.74 Å². The second kappa shape index (κ2) is 4.56. The van der Waals surface area contributed by atoms with Crippen LogP contribution in [0.3, 0.4) is 0 Å². The summed E-state index contributed by atoms with van der Waals surface area (Å²) in [6.07, 6.45) is 3.85. The van der Waals surface area contributed by atoms with Gasteiger partial charge in [0.05, 0.1) is 18.0 Å². The minimum atomic E-state index is 0.620. The summed E-state index contributed by atoms with van der Waals surface area (Å²) in [4.78, 5) is 7.41. The molecule has 1 aromatic heterocycles. The van der Waals surface area contributed by atoms with E-state index in [4.69, 9.17) is 4.74 Å². The summed E-state index contributed by atoms with van der Waals surface area (Å²) in [5, 5.41) is 3.29. The predicted molar refractivity (Wildman–Crippen MR) is 73.5 cm³/mol. The molecule has 2 aromatic rings. The van der Waals surface area contributed by atoms with Crippen LogP contribution in [-0.2, 0) is 0 Å². The zero-order valence-corrected chi connectivity index (χ0v) is 10.2. The number of anilines is 1. The van der Waals surface area contributed by atoms with Gasteiger partial charge in [0.1, 0.15) is 12.4 Å². The number of para-hydroxylation sites is 1. The summed E-state index contributed by atoms with van der Waals surface area (Å²) in [6.45, 7) is 3.28. The Morgan fingerprint density at radius 3 is 3.06 bits per heavy atom. The number of hydrogen-bond acceptors (Lipinski definition) is 3. The molecule has 1 aliphatic rings. The molecule has 2 N–H and O–H groups in total. The summed E-state index contributed by atoms with van der Waals surface area (Å²) >= 11 is 0. The van der Waals surface area contributed by atoms with Gasteiger partial charge >= 0.3 is 0 Å². The van der Waals surface area contributed by atoms with Crippen molar-refractivity contribution >= 4 is 11.9 Å². The summed E-state index contributed by atoms with van der Waals surface area (Å²) in [5.41, 5.74) is 4.33. The Bertz CT molecular complexity index is 586. The Kier molecular flexibility index (Phi) is 2.76. The van der Waals surface area contributed by atoms with Gasteiger partial charge in [0, 0.05) is 23.5 Å². The molecule has 0 spiro atoms. The van der Waals surface area contributed by atoms with Crippen LogP contribution in [0.5, 0.6) is 5.75 Å². The Balaban J connectivity index is 2.10. The number of benzene rings is 1. The second-order valence-corrected chi connectivity index (χ2v) is 4.07. The van der Waals surface area contributed by atoms with E-state index in [0.29, 0.717) is 13.3 Å². The predicted octanol–water partition coefficient (Wildman–Crippen LogP) is 2.88. The molecule has 1 aliphatic heterocycles. The number of nitrogens with one attached hydrogen (secondary N) is 2. The van der Waals surface area contributed by atoms with Gasteiger partial charge in [-0.3, -0.25) is 4.99 Å². The van der Waals surface area contributed by atoms with Gasteiger partial charge in [0.2, 0.25) is 0 Å². The lowest BCUT2D eigenvalue weighted by Gasteiger charge is -2.13. The fourth-order valence-electron chi connectivity index (χ4n) is 2.18. The minimum absolute atomic E-state index is 0.620. The molecule has 0 bridgehead atoms. The van der Waals surface area contributed by atoms with E-state index >= 15 is 0 Å². The van der Waals surface area contributed by atoms with E-state index in [-0.39, 0.29) is 0 Å². The maximum atomic E-state index is 5.68. The quantitative estimate of drug-likeness (QED) is 0.868. The van der Waals surface area contributed by atoms with Crippen LogP contribution in [0.25, 0.3) is 11.1 Å². The van der Waals surface area contributed by atoms with Crippen molar-refractivity contribution in [1.82, 2.24) is 4.98 Å². The maximum absolute atomic E-state index is 5.68. The molecular formula is C14H15N3O. The first-order valence-electron chi connectivity index (χ1n) is 6.07. The first kappa shape index (κ1) is 10.9. The number of aliphatic imine (C=N–C) groups is 1. The highest BCUT2D eigenvalue weighted by Crippen LogP contribution is 2.37. The number of rotatable bonds is 3. The third-order valence-electron chi connectivity index (χ3n) is 2.96.